The van der Waals surface area contributed by atoms with E-state index in [0.29, 0.717) is 11.3 Å². The largest absolute Gasteiger partial charge is 0.455 e. The molecule has 1 aliphatic rings. The standard InChI is InChI=1S/C17H15Cl2NO3/c1-10-8-11(20(21)22)9-15(19)17(10)23-16-7-6-14(18)12-4-2-3-5-13(12)16/h6-9H,2-5H2,1H3. The van der Waals surface area contributed by atoms with E-state index in [-0.39, 0.29) is 10.7 Å². The van der Waals surface area contributed by atoms with E-state index in [1.807, 2.05) is 12.1 Å². The SMILES string of the molecule is Cc1cc([N+](=O)[O-])cc(Cl)c1Oc1ccc(Cl)c2c1CCCC2. The van der Waals surface area contributed by atoms with E-state index >= 15 is 0 Å². The quantitative estimate of drug-likeness (QED) is 0.512. The molecular weight excluding hydrogens is 337 g/mol. The van der Waals surface area contributed by atoms with Gasteiger partial charge in [-0.15, -0.1) is 0 Å². The van der Waals surface area contributed by atoms with Gasteiger partial charge in [0.25, 0.3) is 5.69 Å². The summed E-state index contributed by atoms with van der Waals surface area (Å²) in [4.78, 5) is 10.4. The van der Waals surface area contributed by atoms with Crippen molar-refractivity contribution in [1.29, 1.82) is 0 Å². The minimum Gasteiger partial charge on any atom is -0.455 e. The molecule has 3 rings (SSSR count). The molecule has 0 radical (unpaired) electrons. The summed E-state index contributed by atoms with van der Waals surface area (Å²) < 4.78 is 6.01. The van der Waals surface area contributed by atoms with Crippen LogP contribution in [0.5, 0.6) is 11.5 Å². The van der Waals surface area contributed by atoms with E-state index in [1.54, 1.807) is 6.92 Å². The molecule has 0 amide bonds. The number of benzene rings is 2. The zero-order valence-electron chi connectivity index (χ0n) is 12.6. The van der Waals surface area contributed by atoms with E-state index in [0.717, 1.165) is 47.6 Å². The third-order valence-electron chi connectivity index (χ3n) is 4.07. The molecule has 6 heteroatoms. The number of hydrogen-bond acceptors (Lipinski definition) is 3. The second kappa shape index (κ2) is 6.38. The van der Waals surface area contributed by atoms with Crippen LogP contribution in [0.2, 0.25) is 10.0 Å². The van der Waals surface area contributed by atoms with Crippen molar-refractivity contribution >= 4 is 28.9 Å². The molecule has 0 unspecified atom stereocenters. The summed E-state index contributed by atoms with van der Waals surface area (Å²) in [6.07, 6.45) is 4.07. The Bertz CT molecular complexity index is 767. The molecule has 0 atom stereocenters. The number of non-ortho nitro benzene ring substituents is 1. The Morgan fingerprint density at radius 2 is 1.78 bits per heavy atom. The highest BCUT2D eigenvalue weighted by molar-refractivity contribution is 6.32. The van der Waals surface area contributed by atoms with Crippen molar-refractivity contribution in [2.24, 2.45) is 0 Å². The van der Waals surface area contributed by atoms with Gasteiger partial charge in [0.2, 0.25) is 0 Å². The van der Waals surface area contributed by atoms with Crippen LogP contribution in [0.25, 0.3) is 0 Å². The Morgan fingerprint density at radius 3 is 2.43 bits per heavy atom. The van der Waals surface area contributed by atoms with Gasteiger partial charge < -0.3 is 4.74 Å². The van der Waals surface area contributed by atoms with Gasteiger partial charge in [-0.1, -0.05) is 23.2 Å². The van der Waals surface area contributed by atoms with Gasteiger partial charge in [0.15, 0.2) is 0 Å². The van der Waals surface area contributed by atoms with Crippen LogP contribution in [-0.2, 0) is 12.8 Å². The van der Waals surface area contributed by atoms with Gasteiger partial charge in [-0.2, -0.15) is 0 Å². The summed E-state index contributed by atoms with van der Waals surface area (Å²) in [5.41, 5.74) is 2.82. The van der Waals surface area contributed by atoms with Gasteiger partial charge in [0, 0.05) is 22.7 Å². The van der Waals surface area contributed by atoms with Crippen LogP contribution in [0, 0.1) is 17.0 Å². The Hall–Kier alpha value is -1.78. The van der Waals surface area contributed by atoms with E-state index in [1.165, 1.54) is 12.1 Å². The number of hydrogen-bond donors (Lipinski definition) is 0. The molecule has 23 heavy (non-hydrogen) atoms. The zero-order valence-corrected chi connectivity index (χ0v) is 14.1. The van der Waals surface area contributed by atoms with Crippen LogP contribution in [0.3, 0.4) is 0 Å². The van der Waals surface area contributed by atoms with Crippen LogP contribution in [-0.4, -0.2) is 4.92 Å². The predicted molar refractivity (Wildman–Crippen MR) is 91.0 cm³/mol. The normalized spacial score (nSPS) is 13.5. The first-order valence-electron chi connectivity index (χ1n) is 7.40. The third kappa shape index (κ3) is 3.14. The monoisotopic (exact) mass is 351 g/mol. The molecule has 2 aromatic rings. The number of rotatable bonds is 3. The summed E-state index contributed by atoms with van der Waals surface area (Å²) in [6, 6.07) is 6.44. The first-order valence-corrected chi connectivity index (χ1v) is 8.15. The van der Waals surface area contributed by atoms with E-state index in [9.17, 15) is 10.1 Å². The van der Waals surface area contributed by atoms with Crippen molar-refractivity contribution in [1.82, 2.24) is 0 Å². The number of nitro groups is 1. The average Bonchev–Trinajstić information content (AvgIpc) is 2.53. The molecule has 0 fully saturated rings. The summed E-state index contributed by atoms with van der Waals surface area (Å²) in [7, 11) is 0. The first kappa shape index (κ1) is 16.1. The number of ether oxygens (including phenoxy) is 1. The number of nitrogens with zero attached hydrogens (tertiary/aromatic N) is 1. The predicted octanol–water partition coefficient (Wildman–Crippen LogP) is 5.88. The average molecular weight is 352 g/mol. The van der Waals surface area contributed by atoms with Gasteiger partial charge >= 0.3 is 0 Å². The lowest BCUT2D eigenvalue weighted by Gasteiger charge is -2.21. The van der Waals surface area contributed by atoms with Crippen LogP contribution in [0.4, 0.5) is 5.69 Å². The van der Waals surface area contributed by atoms with Crippen LogP contribution in [0.15, 0.2) is 24.3 Å². The lowest BCUT2D eigenvalue weighted by Crippen LogP contribution is -2.06. The van der Waals surface area contributed by atoms with Crippen molar-refractivity contribution in [3.8, 4) is 11.5 Å². The highest BCUT2D eigenvalue weighted by Crippen LogP contribution is 2.40. The van der Waals surface area contributed by atoms with E-state index in [4.69, 9.17) is 27.9 Å². The van der Waals surface area contributed by atoms with Crippen LogP contribution >= 0.6 is 23.2 Å². The van der Waals surface area contributed by atoms with Crippen molar-refractivity contribution in [3.05, 3.63) is 61.1 Å². The third-order valence-corrected chi connectivity index (χ3v) is 4.71. The van der Waals surface area contributed by atoms with Crippen molar-refractivity contribution in [3.63, 3.8) is 0 Å². The van der Waals surface area contributed by atoms with Gasteiger partial charge in [-0.05, 0) is 55.9 Å². The Morgan fingerprint density at radius 1 is 1.09 bits per heavy atom. The lowest BCUT2D eigenvalue weighted by molar-refractivity contribution is -0.384. The fraction of sp³-hybridized carbons (Fsp3) is 0.294. The highest BCUT2D eigenvalue weighted by atomic mass is 35.5. The molecule has 4 nitrogen and oxygen atoms in total. The number of nitro benzene ring substituents is 1. The smallest absolute Gasteiger partial charge is 0.271 e. The fourth-order valence-corrected chi connectivity index (χ4v) is 3.51. The molecule has 0 aromatic heterocycles. The molecule has 0 N–H and O–H groups in total. The summed E-state index contributed by atoms with van der Waals surface area (Å²) in [6.45, 7) is 1.75. The molecular formula is C17H15Cl2NO3. The van der Waals surface area contributed by atoms with Crippen molar-refractivity contribution in [2.45, 2.75) is 32.6 Å². The highest BCUT2D eigenvalue weighted by Gasteiger charge is 2.20. The number of aryl methyl sites for hydroxylation is 1. The maximum absolute atomic E-state index is 10.9. The molecule has 0 saturated carbocycles. The molecule has 2 aromatic carbocycles. The summed E-state index contributed by atoms with van der Waals surface area (Å²) in [5, 5.41) is 11.9. The second-order valence-corrected chi connectivity index (χ2v) is 6.46. The lowest BCUT2D eigenvalue weighted by atomic mass is 9.91. The molecule has 120 valence electrons. The Balaban J connectivity index is 2.02. The maximum Gasteiger partial charge on any atom is 0.271 e. The molecule has 0 aliphatic heterocycles. The van der Waals surface area contributed by atoms with Crippen molar-refractivity contribution in [2.75, 3.05) is 0 Å². The topological polar surface area (TPSA) is 52.4 Å². The fourth-order valence-electron chi connectivity index (χ4n) is 2.94. The molecule has 0 heterocycles. The maximum atomic E-state index is 10.9. The van der Waals surface area contributed by atoms with Gasteiger partial charge in [-0.25, -0.2) is 0 Å². The van der Waals surface area contributed by atoms with Gasteiger partial charge in [0.1, 0.15) is 11.5 Å². The zero-order chi connectivity index (χ0) is 16.6. The molecule has 1 aliphatic carbocycles. The van der Waals surface area contributed by atoms with Crippen LogP contribution < -0.4 is 4.74 Å². The molecule has 0 saturated heterocycles. The first-order chi connectivity index (χ1) is 11.0. The molecule has 0 bridgehead atoms. The number of fused-ring (bicyclic) bond motifs is 1. The Kier molecular flexibility index (Phi) is 4.46. The van der Waals surface area contributed by atoms with Crippen molar-refractivity contribution < 1.29 is 9.66 Å². The minimum absolute atomic E-state index is 0.0435. The summed E-state index contributed by atoms with van der Waals surface area (Å²) in [5.74, 6) is 1.18. The second-order valence-electron chi connectivity index (χ2n) is 5.64. The Labute approximate surface area is 144 Å². The van der Waals surface area contributed by atoms with Gasteiger partial charge in [-0.3, -0.25) is 10.1 Å². The van der Waals surface area contributed by atoms with Crippen LogP contribution in [0.1, 0.15) is 29.5 Å². The summed E-state index contributed by atoms with van der Waals surface area (Å²) >= 11 is 12.5. The molecule has 0 spiro atoms. The van der Waals surface area contributed by atoms with E-state index < -0.39 is 4.92 Å². The van der Waals surface area contributed by atoms with Gasteiger partial charge in [0.05, 0.1) is 9.95 Å². The minimum atomic E-state index is -0.465. The number of halogens is 2. The van der Waals surface area contributed by atoms with E-state index in [2.05, 4.69) is 0 Å².